The topological polar surface area (TPSA) is 46.9 Å². The summed E-state index contributed by atoms with van der Waals surface area (Å²) in [4.78, 5) is 11.9. The molecule has 1 N–H and O–H groups in total. The molecule has 0 amide bonds. The Morgan fingerprint density at radius 1 is 1.45 bits per heavy atom. The van der Waals surface area contributed by atoms with Crippen LogP contribution < -0.4 is 5.32 Å². The van der Waals surface area contributed by atoms with Gasteiger partial charge in [-0.05, 0) is 39.3 Å². The number of rotatable bonds is 5. The van der Waals surface area contributed by atoms with Crippen molar-refractivity contribution < 1.29 is 4.79 Å². The Morgan fingerprint density at radius 3 is 2.35 bits per heavy atom. The second-order valence-electron chi connectivity index (χ2n) is 4.83. The highest BCUT2D eigenvalue weighted by Crippen LogP contribution is 2.26. The lowest BCUT2D eigenvalue weighted by Crippen LogP contribution is -2.16. The monoisotopic (exact) mass is 273 g/mol. The number of nitrogens with zero attached hydrogens (tertiary/aromatic N) is 2. The van der Waals surface area contributed by atoms with Crippen LogP contribution in [0.1, 0.15) is 32.2 Å². The van der Waals surface area contributed by atoms with Gasteiger partial charge in [-0.15, -0.1) is 0 Å². The number of ketones is 1. The van der Waals surface area contributed by atoms with E-state index >= 15 is 0 Å². The van der Waals surface area contributed by atoms with Crippen molar-refractivity contribution in [1.29, 1.82) is 0 Å². The fourth-order valence-corrected chi connectivity index (χ4v) is 2.20. The number of hydrogen-bond acceptors (Lipinski definition) is 3. The fraction of sp³-hybridized carbons (Fsp3) is 0.375. The lowest BCUT2D eigenvalue weighted by atomic mass is 9.96. The molecule has 108 valence electrons. The van der Waals surface area contributed by atoms with Crippen LogP contribution in [-0.2, 0) is 11.8 Å². The normalized spacial score (nSPS) is 13.0. The van der Waals surface area contributed by atoms with Crippen LogP contribution in [0.4, 0.5) is 0 Å². The van der Waals surface area contributed by atoms with Crippen molar-refractivity contribution in [3.8, 4) is 0 Å². The Kier molecular flexibility index (Phi) is 5.08. The van der Waals surface area contributed by atoms with Crippen LogP contribution in [0.15, 0.2) is 35.6 Å². The maximum absolute atomic E-state index is 11.9. The molecule has 0 aliphatic heterocycles. The molecule has 0 aliphatic carbocycles. The average Bonchev–Trinajstić information content (AvgIpc) is 2.67. The molecule has 0 bridgehead atoms. The van der Waals surface area contributed by atoms with E-state index in [1.807, 2.05) is 44.6 Å². The average molecular weight is 273 g/mol. The molecule has 0 saturated heterocycles. The van der Waals surface area contributed by atoms with Gasteiger partial charge < -0.3 is 5.32 Å². The smallest absolute Gasteiger partial charge is 0.162 e. The van der Waals surface area contributed by atoms with E-state index in [9.17, 15) is 4.79 Å². The number of hydrogen-bond donors (Lipinski definition) is 1. The van der Waals surface area contributed by atoms with Crippen LogP contribution >= 0.6 is 0 Å². The summed E-state index contributed by atoms with van der Waals surface area (Å²) < 4.78 is 1.82. The van der Waals surface area contributed by atoms with Gasteiger partial charge in [-0.1, -0.05) is 12.7 Å². The standard InChI is InChI=1S/C16H23N3O/c1-8-13(14-9-11(4)19(7)18-14)16(17-6)15(10(2)3)12(5)20/h8-9,17H,2H2,1,3-7H3/b13-8-,16-15+. The third-order valence-corrected chi connectivity index (χ3v) is 3.23. The van der Waals surface area contributed by atoms with E-state index in [1.165, 1.54) is 0 Å². The molecular weight excluding hydrogens is 250 g/mol. The molecule has 0 aliphatic rings. The molecular formula is C16H23N3O. The van der Waals surface area contributed by atoms with Gasteiger partial charge in [0, 0.05) is 30.9 Å². The van der Waals surface area contributed by atoms with E-state index in [4.69, 9.17) is 0 Å². The molecule has 4 nitrogen and oxygen atoms in total. The second-order valence-corrected chi connectivity index (χ2v) is 4.83. The third kappa shape index (κ3) is 3.07. The first kappa shape index (κ1) is 16.0. The quantitative estimate of drug-likeness (QED) is 0.663. The molecule has 20 heavy (non-hydrogen) atoms. The third-order valence-electron chi connectivity index (χ3n) is 3.23. The fourth-order valence-electron chi connectivity index (χ4n) is 2.20. The number of nitrogens with one attached hydrogen (secondary N) is 1. The van der Waals surface area contributed by atoms with E-state index in [0.717, 1.165) is 28.2 Å². The summed E-state index contributed by atoms with van der Waals surface area (Å²) in [5.41, 5.74) is 4.94. The van der Waals surface area contributed by atoms with E-state index in [-0.39, 0.29) is 5.78 Å². The zero-order valence-corrected chi connectivity index (χ0v) is 13.2. The van der Waals surface area contributed by atoms with E-state index < -0.39 is 0 Å². The van der Waals surface area contributed by atoms with Gasteiger partial charge in [0.1, 0.15) is 0 Å². The molecule has 0 unspecified atom stereocenters. The van der Waals surface area contributed by atoms with Crippen LogP contribution in [0.25, 0.3) is 5.57 Å². The summed E-state index contributed by atoms with van der Waals surface area (Å²) in [5.74, 6) is -0.00569. The van der Waals surface area contributed by atoms with Crippen LogP contribution in [0, 0.1) is 6.92 Å². The van der Waals surface area contributed by atoms with Crippen LogP contribution in [0.5, 0.6) is 0 Å². The molecule has 4 heteroatoms. The molecule has 0 atom stereocenters. The zero-order chi connectivity index (χ0) is 15.4. The van der Waals surface area contributed by atoms with Crippen molar-refractivity contribution >= 4 is 11.4 Å². The number of carbonyl (C=O) groups is 1. The van der Waals surface area contributed by atoms with E-state index in [2.05, 4.69) is 17.0 Å². The van der Waals surface area contributed by atoms with Crippen molar-refractivity contribution in [3.63, 3.8) is 0 Å². The van der Waals surface area contributed by atoms with Gasteiger partial charge in [0.05, 0.1) is 11.4 Å². The van der Waals surface area contributed by atoms with Crippen molar-refractivity contribution in [3.05, 3.63) is 47.0 Å². The summed E-state index contributed by atoms with van der Waals surface area (Å²) in [6.45, 7) is 11.2. The summed E-state index contributed by atoms with van der Waals surface area (Å²) in [7, 11) is 3.71. The number of likely N-dealkylation sites (N-methyl/N-ethyl adjacent to an activating group) is 1. The molecule has 0 spiro atoms. The lowest BCUT2D eigenvalue weighted by molar-refractivity contribution is -0.113. The minimum Gasteiger partial charge on any atom is -0.387 e. The Labute approximate surface area is 120 Å². The minimum atomic E-state index is -0.00569. The number of carbonyl (C=O) groups excluding carboxylic acids is 1. The van der Waals surface area contributed by atoms with Crippen molar-refractivity contribution in [2.75, 3.05) is 7.05 Å². The van der Waals surface area contributed by atoms with Crippen LogP contribution in [-0.4, -0.2) is 22.6 Å². The largest absolute Gasteiger partial charge is 0.387 e. The number of Topliss-reactive ketones (excluding diaryl/α,β-unsaturated/α-hetero) is 1. The highest BCUT2D eigenvalue weighted by molar-refractivity contribution is 6.01. The lowest BCUT2D eigenvalue weighted by Gasteiger charge is -2.15. The van der Waals surface area contributed by atoms with Gasteiger partial charge in [-0.25, -0.2) is 0 Å². The van der Waals surface area contributed by atoms with Gasteiger partial charge in [0.25, 0.3) is 0 Å². The molecule has 0 radical (unpaired) electrons. The van der Waals surface area contributed by atoms with Gasteiger partial charge in [0.2, 0.25) is 0 Å². The summed E-state index contributed by atoms with van der Waals surface area (Å²) in [5, 5.41) is 7.61. The first-order chi connectivity index (χ1) is 9.33. The van der Waals surface area contributed by atoms with E-state index in [0.29, 0.717) is 5.57 Å². The van der Waals surface area contributed by atoms with Crippen LogP contribution in [0.2, 0.25) is 0 Å². The highest BCUT2D eigenvalue weighted by Gasteiger charge is 2.18. The molecule has 0 fully saturated rings. The van der Waals surface area contributed by atoms with Gasteiger partial charge in [-0.2, -0.15) is 5.10 Å². The number of allylic oxidation sites excluding steroid dienone is 4. The van der Waals surface area contributed by atoms with Gasteiger partial charge in [-0.3, -0.25) is 9.48 Å². The predicted octanol–water partition coefficient (Wildman–Crippen LogP) is 2.77. The SMILES string of the molecule is C=C(C)/C(C(C)=O)=C(NC)/C(=C\C)c1cc(C)n(C)n1. The first-order valence-corrected chi connectivity index (χ1v) is 6.60. The number of aromatic nitrogens is 2. The summed E-state index contributed by atoms with van der Waals surface area (Å²) in [6, 6.07) is 2.00. The summed E-state index contributed by atoms with van der Waals surface area (Å²) in [6.07, 6.45) is 1.96. The maximum Gasteiger partial charge on any atom is 0.162 e. The summed E-state index contributed by atoms with van der Waals surface area (Å²) >= 11 is 0. The van der Waals surface area contributed by atoms with Crippen molar-refractivity contribution in [2.24, 2.45) is 7.05 Å². The highest BCUT2D eigenvalue weighted by atomic mass is 16.1. The van der Waals surface area contributed by atoms with Crippen molar-refractivity contribution in [1.82, 2.24) is 15.1 Å². The predicted molar refractivity (Wildman–Crippen MR) is 83.2 cm³/mol. The van der Waals surface area contributed by atoms with Crippen molar-refractivity contribution in [2.45, 2.75) is 27.7 Å². The Morgan fingerprint density at radius 2 is 2.05 bits per heavy atom. The Hall–Kier alpha value is -2.10. The molecule has 0 aromatic carbocycles. The van der Waals surface area contributed by atoms with E-state index in [1.54, 1.807) is 14.0 Å². The minimum absolute atomic E-state index is 0.00569. The van der Waals surface area contributed by atoms with Gasteiger partial charge in [0.15, 0.2) is 5.78 Å². The van der Waals surface area contributed by atoms with Crippen LogP contribution in [0.3, 0.4) is 0 Å². The molecule has 1 aromatic rings. The zero-order valence-electron chi connectivity index (χ0n) is 13.2. The van der Waals surface area contributed by atoms with Gasteiger partial charge >= 0.3 is 0 Å². The Bertz CT molecular complexity index is 568. The number of aryl methyl sites for hydroxylation is 2. The first-order valence-electron chi connectivity index (χ1n) is 6.60. The molecule has 1 heterocycles. The second kappa shape index (κ2) is 6.37. The maximum atomic E-state index is 11.9. The molecule has 1 aromatic heterocycles. The molecule has 1 rings (SSSR count). The Balaban J connectivity index is 3.52. The molecule has 0 saturated carbocycles.